The van der Waals surface area contributed by atoms with Crippen LogP contribution in [0.1, 0.15) is 46.5 Å². The van der Waals surface area contributed by atoms with E-state index in [0.29, 0.717) is 18.9 Å². The zero-order valence-corrected chi connectivity index (χ0v) is 14.8. The molecule has 126 valence electrons. The summed E-state index contributed by atoms with van der Waals surface area (Å²) < 4.78 is 5.13. The van der Waals surface area contributed by atoms with E-state index < -0.39 is 0 Å². The molecule has 6 heteroatoms. The van der Waals surface area contributed by atoms with Crippen LogP contribution in [0.4, 0.5) is 0 Å². The van der Waals surface area contributed by atoms with Crippen molar-refractivity contribution in [3.63, 3.8) is 0 Å². The molecule has 22 heavy (non-hydrogen) atoms. The van der Waals surface area contributed by atoms with Gasteiger partial charge in [0.15, 0.2) is 0 Å². The van der Waals surface area contributed by atoms with Crippen molar-refractivity contribution in [1.29, 1.82) is 0 Å². The predicted molar refractivity (Wildman–Crippen MR) is 88.7 cm³/mol. The zero-order chi connectivity index (χ0) is 16.2. The first-order chi connectivity index (χ1) is 10.5. The molecule has 0 bridgehead atoms. The number of carbonyl (C=O) groups excluding carboxylic acids is 2. The lowest BCUT2D eigenvalue weighted by Crippen LogP contribution is -2.65. The van der Waals surface area contributed by atoms with Crippen molar-refractivity contribution in [2.45, 2.75) is 57.4 Å². The Labute approximate surface area is 137 Å². The number of piperazine rings is 1. The van der Waals surface area contributed by atoms with Crippen LogP contribution in [0.5, 0.6) is 0 Å². The highest BCUT2D eigenvalue weighted by Gasteiger charge is 2.51. The minimum atomic E-state index is -0.160. The Morgan fingerprint density at radius 3 is 2.82 bits per heavy atom. The SMILES string of the molecule is CCCCC[C@]1(C)[C@H]2SCC(=O)N2CCN1CC(=O)OCC. The Bertz CT molecular complexity index is 418. The summed E-state index contributed by atoms with van der Waals surface area (Å²) in [5.74, 6) is 0.654. The quantitative estimate of drug-likeness (QED) is 0.529. The van der Waals surface area contributed by atoms with Crippen LogP contribution in [-0.4, -0.2) is 64.6 Å². The summed E-state index contributed by atoms with van der Waals surface area (Å²) in [7, 11) is 0. The highest BCUT2D eigenvalue weighted by atomic mass is 32.2. The third-order valence-corrected chi connectivity index (χ3v) is 6.24. The highest BCUT2D eigenvalue weighted by Crippen LogP contribution is 2.42. The van der Waals surface area contributed by atoms with Gasteiger partial charge in [0, 0.05) is 18.6 Å². The molecule has 0 spiro atoms. The lowest BCUT2D eigenvalue weighted by molar-refractivity contribution is -0.149. The van der Waals surface area contributed by atoms with Crippen molar-refractivity contribution in [2.24, 2.45) is 0 Å². The van der Waals surface area contributed by atoms with Crippen LogP contribution in [0.3, 0.4) is 0 Å². The molecule has 0 N–H and O–H groups in total. The molecule has 0 aromatic heterocycles. The number of fused-ring (bicyclic) bond motifs is 1. The van der Waals surface area contributed by atoms with Gasteiger partial charge in [-0.2, -0.15) is 0 Å². The van der Waals surface area contributed by atoms with Crippen LogP contribution in [0, 0.1) is 0 Å². The minimum absolute atomic E-state index is 0.142. The van der Waals surface area contributed by atoms with E-state index >= 15 is 0 Å². The lowest BCUT2D eigenvalue weighted by atomic mass is 9.89. The summed E-state index contributed by atoms with van der Waals surface area (Å²) in [5, 5.41) is 0.167. The van der Waals surface area contributed by atoms with Gasteiger partial charge in [0.2, 0.25) is 5.91 Å². The molecule has 0 aromatic rings. The van der Waals surface area contributed by atoms with Gasteiger partial charge in [-0.25, -0.2) is 0 Å². The summed E-state index contributed by atoms with van der Waals surface area (Å²) in [6, 6.07) is 0. The van der Waals surface area contributed by atoms with Crippen LogP contribution >= 0.6 is 11.8 Å². The second-order valence-corrected chi connectivity index (χ2v) is 7.36. The van der Waals surface area contributed by atoms with Gasteiger partial charge in [-0.1, -0.05) is 26.2 Å². The predicted octanol–water partition coefficient (Wildman–Crippen LogP) is 2.11. The third-order valence-electron chi connectivity index (χ3n) is 4.75. The number of ether oxygens (including phenoxy) is 1. The zero-order valence-electron chi connectivity index (χ0n) is 14.0. The molecule has 5 nitrogen and oxygen atoms in total. The van der Waals surface area contributed by atoms with Crippen molar-refractivity contribution < 1.29 is 14.3 Å². The number of nitrogens with zero attached hydrogens (tertiary/aromatic N) is 2. The molecule has 0 aromatic carbocycles. The molecule has 2 saturated heterocycles. The van der Waals surface area contributed by atoms with Gasteiger partial charge in [0.25, 0.3) is 0 Å². The van der Waals surface area contributed by atoms with Gasteiger partial charge < -0.3 is 9.64 Å². The van der Waals surface area contributed by atoms with Crippen molar-refractivity contribution in [3.05, 3.63) is 0 Å². The number of thioether (sulfide) groups is 1. The second-order valence-electron chi connectivity index (χ2n) is 6.29. The summed E-state index contributed by atoms with van der Waals surface area (Å²) in [4.78, 5) is 28.2. The first-order valence-corrected chi connectivity index (χ1v) is 9.39. The van der Waals surface area contributed by atoms with Crippen LogP contribution in [0.15, 0.2) is 0 Å². The fraction of sp³-hybridized carbons (Fsp3) is 0.875. The molecule has 2 atom stereocenters. The number of carbonyl (C=O) groups is 2. The number of amides is 1. The molecular weight excluding hydrogens is 300 g/mol. The van der Waals surface area contributed by atoms with E-state index in [9.17, 15) is 9.59 Å². The van der Waals surface area contributed by atoms with E-state index in [-0.39, 0.29) is 22.8 Å². The van der Waals surface area contributed by atoms with Crippen molar-refractivity contribution in [1.82, 2.24) is 9.80 Å². The van der Waals surface area contributed by atoms with Gasteiger partial charge in [0.1, 0.15) is 0 Å². The molecule has 0 radical (unpaired) electrons. The molecule has 2 rings (SSSR count). The van der Waals surface area contributed by atoms with Crippen LogP contribution < -0.4 is 0 Å². The molecule has 2 fully saturated rings. The first kappa shape index (κ1) is 17.6. The van der Waals surface area contributed by atoms with Gasteiger partial charge in [-0.05, 0) is 20.3 Å². The Hall–Kier alpha value is -0.750. The molecular formula is C16H28N2O3S. The van der Waals surface area contributed by atoms with Gasteiger partial charge >= 0.3 is 5.97 Å². The Balaban J connectivity index is 2.12. The van der Waals surface area contributed by atoms with Gasteiger partial charge in [-0.15, -0.1) is 11.8 Å². The monoisotopic (exact) mass is 328 g/mol. The standard InChI is InChI=1S/C16H28N2O3S/c1-4-6-7-8-16(3)15-18(13(19)12-22-15)10-9-17(16)11-14(20)21-5-2/h15H,4-12H2,1-3H3/t15-,16-/m1/s1. The van der Waals surface area contributed by atoms with Crippen molar-refractivity contribution in [2.75, 3.05) is 32.0 Å². The van der Waals surface area contributed by atoms with Crippen molar-refractivity contribution >= 4 is 23.6 Å². The van der Waals surface area contributed by atoms with Crippen LogP contribution in [0.25, 0.3) is 0 Å². The van der Waals surface area contributed by atoms with Crippen molar-refractivity contribution in [3.8, 4) is 0 Å². The van der Waals surface area contributed by atoms with E-state index in [1.807, 2.05) is 11.8 Å². The third kappa shape index (κ3) is 3.59. The summed E-state index contributed by atoms with van der Waals surface area (Å²) >= 11 is 1.73. The summed E-state index contributed by atoms with van der Waals surface area (Å²) in [5.41, 5.74) is -0.142. The topological polar surface area (TPSA) is 49.9 Å². The number of esters is 1. The number of unbranched alkanes of at least 4 members (excludes halogenated alkanes) is 2. The van der Waals surface area contributed by atoms with E-state index in [1.54, 1.807) is 11.8 Å². The smallest absolute Gasteiger partial charge is 0.320 e. The maximum atomic E-state index is 12.1. The van der Waals surface area contributed by atoms with E-state index in [0.717, 1.165) is 25.9 Å². The molecule has 2 heterocycles. The largest absolute Gasteiger partial charge is 0.465 e. The number of rotatable bonds is 7. The Morgan fingerprint density at radius 2 is 2.14 bits per heavy atom. The molecule has 0 unspecified atom stereocenters. The molecule has 0 saturated carbocycles. The molecule has 2 aliphatic rings. The normalized spacial score (nSPS) is 28.8. The number of hydrogen-bond acceptors (Lipinski definition) is 5. The van der Waals surface area contributed by atoms with E-state index in [2.05, 4.69) is 18.7 Å². The van der Waals surface area contributed by atoms with Gasteiger partial charge in [0.05, 0.1) is 24.3 Å². The fourth-order valence-corrected chi connectivity index (χ4v) is 4.98. The minimum Gasteiger partial charge on any atom is -0.465 e. The van der Waals surface area contributed by atoms with Gasteiger partial charge in [-0.3, -0.25) is 14.5 Å². The second kappa shape index (κ2) is 7.68. The van der Waals surface area contributed by atoms with E-state index in [1.165, 1.54) is 12.8 Å². The van der Waals surface area contributed by atoms with Crippen LogP contribution in [0.2, 0.25) is 0 Å². The summed E-state index contributed by atoms with van der Waals surface area (Å²) in [6.07, 6.45) is 4.51. The average molecular weight is 328 g/mol. The maximum absolute atomic E-state index is 12.1. The first-order valence-electron chi connectivity index (χ1n) is 8.34. The molecule has 0 aliphatic carbocycles. The fourth-order valence-electron chi connectivity index (χ4n) is 3.49. The lowest BCUT2D eigenvalue weighted by Gasteiger charge is -2.51. The maximum Gasteiger partial charge on any atom is 0.320 e. The Morgan fingerprint density at radius 1 is 1.36 bits per heavy atom. The van der Waals surface area contributed by atoms with E-state index in [4.69, 9.17) is 4.74 Å². The van der Waals surface area contributed by atoms with Crippen LogP contribution in [-0.2, 0) is 14.3 Å². The highest BCUT2D eigenvalue weighted by molar-refractivity contribution is 8.01. The summed E-state index contributed by atoms with van der Waals surface area (Å²) in [6.45, 7) is 8.47. The molecule has 1 amide bonds. The average Bonchev–Trinajstić information content (AvgIpc) is 2.85. The Kier molecular flexibility index (Phi) is 6.15. The molecule has 2 aliphatic heterocycles. The number of hydrogen-bond donors (Lipinski definition) is 0.